The summed E-state index contributed by atoms with van der Waals surface area (Å²) in [5.74, 6) is -0.148. The smallest absolute Gasteiger partial charge is 0.274 e. The maximum Gasteiger partial charge on any atom is 0.274 e. The SMILES string of the molecule is CCN(CC(C)(C)O)C(=O)c1ccn(C)n1. The topological polar surface area (TPSA) is 58.4 Å². The van der Waals surface area contributed by atoms with Crippen molar-refractivity contribution in [3.8, 4) is 0 Å². The first-order valence-corrected chi connectivity index (χ1v) is 5.35. The Morgan fingerprint density at radius 1 is 1.62 bits per heavy atom. The Kier molecular flexibility index (Phi) is 3.70. The largest absolute Gasteiger partial charge is 0.389 e. The van der Waals surface area contributed by atoms with Gasteiger partial charge in [-0.3, -0.25) is 9.48 Å². The van der Waals surface area contributed by atoms with Crippen molar-refractivity contribution >= 4 is 5.91 Å². The molecular weight excluding hydrogens is 206 g/mol. The summed E-state index contributed by atoms with van der Waals surface area (Å²) >= 11 is 0. The summed E-state index contributed by atoms with van der Waals surface area (Å²) in [5, 5.41) is 13.8. The van der Waals surface area contributed by atoms with Gasteiger partial charge in [0.25, 0.3) is 5.91 Å². The molecule has 0 unspecified atom stereocenters. The van der Waals surface area contributed by atoms with Crippen LogP contribution in [0.2, 0.25) is 0 Å². The van der Waals surface area contributed by atoms with E-state index >= 15 is 0 Å². The van der Waals surface area contributed by atoms with E-state index in [1.165, 1.54) is 0 Å². The molecule has 0 saturated heterocycles. The van der Waals surface area contributed by atoms with Crippen LogP contribution in [0.25, 0.3) is 0 Å². The number of amides is 1. The Bertz CT molecular complexity index is 366. The van der Waals surface area contributed by atoms with Gasteiger partial charge in [0.1, 0.15) is 5.69 Å². The van der Waals surface area contributed by atoms with Crippen molar-refractivity contribution in [1.82, 2.24) is 14.7 Å². The summed E-state index contributed by atoms with van der Waals surface area (Å²) in [6.45, 7) is 6.10. The maximum atomic E-state index is 12.0. The fraction of sp³-hybridized carbons (Fsp3) is 0.636. The molecule has 16 heavy (non-hydrogen) atoms. The molecule has 1 aromatic rings. The number of aliphatic hydroxyl groups is 1. The zero-order valence-corrected chi connectivity index (χ0v) is 10.3. The van der Waals surface area contributed by atoms with Crippen LogP contribution in [-0.2, 0) is 7.05 Å². The number of aryl methyl sites for hydroxylation is 1. The number of hydrogen-bond acceptors (Lipinski definition) is 3. The zero-order chi connectivity index (χ0) is 12.3. The van der Waals surface area contributed by atoms with Gasteiger partial charge in [-0.1, -0.05) is 0 Å². The van der Waals surface area contributed by atoms with Crippen LogP contribution in [0.5, 0.6) is 0 Å². The van der Waals surface area contributed by atoms with E-state index in [2.05, 4.69) is 5.10 Å². The molecule has 0 radical (unpaired) electrons. The van der Waals surface area contributed by atoms with E-state index in [-0.39, 0.29) is 5.91 Å². The lowest BCUT2D eigenvalue weighted by molar-refractivity contribution is 0.0311. The van der Waals surface area contributed by atoms with Crippen molar-refractivity contribution < 1.29 is 9.90 Å². The molecule has 1 aromatic heterocycles. The molecule has 0 atom stereocenters. The molecule has 0 aliphatic heterocycles. The van der Waals surface area contributed by atoms with Crippen LogP contribution in [0.3, 0.4) is 0 Å². The maximum absolute atomic E-state index is 12.0. The van der Waals surface area contributed by atoms with Crippen molar-refractivity contribution in [3.63, 3.8) is 0 Å². The van der Waals surface area contributed by atoms with Crippen LogP contribution >= 0.6 is 0 Å². The molecule has 0 bridgehead atoms. The first-order valence-electron chi connectivity index (χ1n) is 5.35. The number of rotatable bonds is 4. The van der Waals surface area contributed by atoms with E-state index in [0.717, 1.165) is 0 Å². The highest BCUT2D eigenvalue weighted by Crippen LogP contribution is 2.08. The van der Waals surface area contributed by atoms with Gasteiger partial charge in [-0.25, -0.2) is 0 Å². The third-order valence-corrected chi connectivity index (χ3v) is 2.18. The first-order chi connectivity index (χ1) is 7.33. The Balaban J connectivity index is 2.78. The first kappa shape index (κ1) is 12.7. The van der Waals surface area contributed by atoms with Crippen molar-refractivity contribution in [1.29, 1.82) is 0 Å². The normalized spacial score (nSPS) is 11.6. The molecule has 0 aromatic carbocycles. The second kappa shape index (κ2) is 4.65. The number of carbonyl (C=O) groups is 1. The molecule has 1 heterocycles. The summed E-state index contributed by atoms with van der Waals surface area (Å²) in [5.41, 5.74) is -0.478. The van der Waals surface area contributed by atoms with Gasteiger partial charge in [0.2, 0.25) is 0 Å². The number of likely N-dealkylation sites (N-methyl/N-ethyl adjacent to an activating group) is 1. The molecular formula is C11H19N3O2. The summed E-state index contributed by atoms with van der Waals surface area (Å²) in [6.07, 6.45) is 1.73. The van der Waals surface area contributed by atoms with E-state index in [0.29, 0.717) is 18.8 Å². The number of aromatic nitrogens is 2. The van der Waals surface area contributed by atoms with Crippen LogP contribution in [0.1, 0.15) is 31.3 Å². The minimum absolute atomic E-state index is 0.148. The van der Waals surface area contributed by atoms with Crippen LogP contribution in [-0.4, -0.2) is 44.4 Å². The van der Waals surface area contributed by atoms with E-state index in [1.807, 2.05) is 6.92 Å². The van der Waals surface area contributed by atoms with E-state index in [1.54, 1.807) is 42.7 Å². The molecule has 5 nitrogen and oxygen atoms in total. The second-order valence-corrected chi connectivity index (χ2v) is 4.51. The quantitative estimate of drug-likeness (QED) is 0.818. The Morgan fingerprint density at radius 2 is 2.25 bits per heavy atom. The number of hydrogen-bond donors (Lipinski definition) is 1. The summed E-state index contributed by atoms with van der Waals surface area (Å²) in [4.78, 5) is 13.6. The average Bonchev–Trinajstić information content (AvgIpc) is 2.58. The van der Waals surface area contributed by atoms with Crippen molar-refractivity contribution in [2.24, 2.45) is 7.05 Å². The zero-order valence-electron chi connectivity index (χ0n) is 10.3. The highest BCUT2D eigenvalue weighted by Gasteiger charge is 2.23. The van der Waals surface area contributed by atoms with Gasteiger partial charge < -0.3 is 10.0 Å². The minimum Gasteiger partial charge on any atom is -0.389 e. The van der Waals surface area contributed by atoms with Crippen molar-refractivity contribution in [3.05, 3.63) is 18.0 Å². The molecule has 0 aliphatic rings. The Morgan fingerprint density at radius 3 is 2.62 bits per heavy atom. The van der Waals surface area contributed by atoms with E-state index in [9.17, 15) is 9.90 Å². The molecule has 0 fully saturated rings. The second-order valence-electron chi connectivity index (χ2n) is 4.51. The van der Waals surface area contributed by atoms with E-state index in [4.69, 9.17) is 0 Å². The number of nitrogens with zero attached hydrogens (tertiary/aromatic N) is 3. The fourth-order valence-electron chi connectivity index (χ4n) is 1.49. The lowest BCUT2D eigenvalue weighted by atomic mass is 10.1. The van der Waals surface area contributed by atoms with Gasteiger partial charge >= 0.3 is 0 Å². The van der Waals surface area contributed by atoms with Gasteiger partial charge in [-0.2, -0.15) is 5.10 Å². The highest BCUT2D eigenvalue weighted by molar-refractivity contribution is 5.92. The van der Waals surface area contributed by atoms with Crippen LogP contribution in [0.15, 0.2) is 12.3 Å². The summed E-state index contributed by atoms with van der Waals surface area (Å²) in [6, 6.07) is 1.68. The molecule has 1 amide bonds. The predicted molar refractivity (Wildman–Crippen MR) is 61.1 cm³/mol. The average molecular weight is 225 g/mol. The molecule has 5 heteroatoms. The van der Waals surface area contributed by atoms with Crippen LogP contribution in [0, 0.1) is 0 Å². The van der Waals surface area contributed by atoms with Crippen molar-refractivity contribution in [2.45, 2.75) is 26.4 Å². The molecule has 1 rings (SSSR count). The number of carbonyl (C=O) groups excluding carboxylic acids is 1. The van der Waals surface area contributed by atoms with Gasteiger partial charge in [-0.15, -0.1) is 0 Å². The summed E-state index contributed by atoms with van der Waals surface area (Å²) < 4.78 is 1.59. The Labute approximate surface area is 95.7 Å². The molecule has 0 aliphatic carbocycles. The van der Waals surface area contributed by atoms with Gasteiger partial charge in [-0.05, 0) is 26.8 Å². The lowest BCUT2D eigenvalue weighted by Crippen LogP contribution is -2.42. The standard InChI is InChI=1S/C11H19N3O2/c1-5-14(8-11(2,3)16)10(15)9-6-7-13(4)12-9/h6-7,16H,5,8H2,1-4H3. The van der Waals surface area contributed by atoms with E-state index < -0.39 is 5.60 Å². The molecule has 1 N–H and O–H groups in total. The van der Waals surface area contributed by atoms with Gasteiger partial charge in [0, 0.05) is 26.3 Å². The van der Waals surface area contributed by atoms with Gasteiger partial charge in [0.05, 0.1) is 5.60 Å². The Hall–Kier alpha value is -1.36. The van der Waals surface area contributed by atoms with Crippen LogP contribution in [0.4, 0.5) is 0 Å². The monoisotopic (exact) mass is 225 g/mol. The minimum atomic E-state index is -0.888. The van der Waals surface area contributed by atoms with Crippen LogP contribution < -0.4 is 0 Å². The van der Waals surface area contributed by atoms with Gasteiger partial charge in [0.15, 0.2) is 0 Å². The molecule has 0 spiro atoms. The molecule has 0 saturated carbocycles. The lowest BCUT2D eigenvalue weighted by Gasteiger charge is -2.27. The third kappa shape index (κ3) is 3.34. The highest BCUT2D eigenvalue weighted by atomic mass is 16.3. The predicted octanol–water partition coefficient (Wildman–Crippen LogP) is 0.653. The summed E-state index contributed by atoms with van der Waals surface area (Å²) in [7, 11) is 1.77. The fourth-order valence-corrected chi connectivity index (χ4v) is 1.49. The molecule has 90 valence electrons. The van der Waals surface area contributed by atoms with Crippen molar-refractivity contribution in [2.75, 3.05) is 13.1 Å². The third-order valence-electron chi connectivity index (χ3n) is 2.18.